The maximum absolute atomic E-state index is 4.22. The number of aryl methyl sites for hydroxylation is 1. The van der Waals surface area contributed by atoms with Gasteiger partial charge in [0, 0.05) is 18.1 Å². The monoisotopic (exact) mass is 158 g/mol. The first-order valence-corrected chi connectivity index (χ1v) is 3.87. The molecule has 2 nitrogen and oxygen atoms in total. The topological polar surface area (TPSA) is 17.3 Å². The summed E-state index contributed by atoms with van der Waals surface area (Å²) in [6.45, 7) is 5.75. The number of aromatic nitrogens is 2. The fourth-order valence-corrected chi connectivity index (χ4v) is 1.24. The molecule has 0 aliphatic rings. The molecule has 0 aromatic carbocycles. The molecule has 2 aromatic rings. The van der Waals surface area contributed by atoms with Gasteiger partial charge in [0.2, 0.25) is 0 Å². The molecule has 0 aliphatic heterocycles. The smallest absolute Gasteiger partial charge is 0.136 e. The van der Waals surface area contributed by atoms with Gasteiger partial charge in [-0.2, -0.15) is 0 Å². The van der Waals surface area contributed by atoms with E-state index >= 15 is 0 Å². The van der Waals surface area contributed by atoms with Crippen LogP contribution in [0.5, 0.6) is 0 Å². The largest absolute Gasteiger partial charge is 0.304 e. The third kappa shape index (κ3) is 0.925. The summed E-state index contributed by atoms with van der Waals surface area (Å²) >= 11 is 0. The number of pyridine rings is 1. The second kappa shape index (κ2) is 2.48. The molecular formula is C10H10N2. The lowest BCUT2D eigenvalue weighted by Crippen LogP contribution is -1.87. The van der Waals surface area contributed by atoms with Crippen LogP contribution in [-0.4, -0.2) is 9.38 Å². The number of fused-ring (bicyclic) bond motifs is 1. The molecule has 0 atom stereocenters. The lowest BCUT2D eigenvalue weighted by molar-refractivity contribution is 1.11. The van der Waals surface area contributed by atoms with E-state index in [1.54, 1.807) is 0 Å². The van der Waals surface area contributed by atoms with Crippen molar-refractivity contribution in [2.75, 3.05) is 0 Å². The Morgan fingerprint density at radius 3 is 3.08 bits per heavy atom. The Morgan fingerprint density at radius 2 is 2.33 bits per heavy atom. The van der Waals surface area contributed by atoms with Crippen molar-refractivity contribution in [1.29, 1.82) is 0 Å². The van der Waals surface area contributed by atoms with Crippen LogP contribution in [0.15, 0.2) is 31.1 Å². The van der Waals surface area contributed by atoms with E-state index < -0.39 is 0 Å². The highest BCUT2D eigenvalue weighted by atomic mass is 15.0. The second-order valence-electron chi connectivity index (χ2n) is 2.79. The predicted molar refractivity (Wildman–Crippen MR) is 50.0 cm³/mol. The van der Waals surface area contributed by atoms with Crippen LogP contribution in [0.4, 0.5) is 0 Å². The molecule has 12 heavy (non-hydrogen) atoms. The minimum Gasteiger partial charge on any atom is -0.304 e. The first kappa shape index (κ1) is 7.10. The third-order valence-corrected chi connectivity index (χ3v) is 1.95. The lowest BCUT2D eigenvalue weighted by Gasteiger charge is -1.97. The van der Waals surface area contributed by atoms with Gasteiger partial charge in [-0.25, -0.2) is 4.98 Å². The van der Waals surface area contributed by atoms with E-state index in [4.69, 9.17) is 0 Å². The number of hydrogen-bond donors (Lipinski definition) is 0. The number of nitrogens with zero attached hydrogens (tertiary/aromatic N) is 2. The van der Waals surface area contributed by atoms with E-state index in [0.29, 0.717) is 0 Å². The Kier molecular flexibility index (Phi) is 1.47. The van der Waals surface area contributed by atoms with Crippen LogP contribution >= 0.6 is 0 Å². The molecule has 0 fully saturated rings. The molecule has 0 amide bonds. The van der Waals surface area contributed by atoms with E-state index in [9.17, 15) is 0 Å². The van der Waals surface area contributed by atoms with Gasteiger partial charge in [0.25, 0.3) is 0 Å². The van der Waals surface area contributed by atoms with Gasteiger partial charge in [0.05, 0.1) is 0 Å². The van der Waals surface area contributed by atoms with Crippen LogP contribution < -0.4 is 0 Å². The summed E-state index contributed by atoms with van der Waals surface area (Å²) in [6, 6.07) is 4.00. The number of imidazole rings is 1. The number of rotatable bonds is 1. The summed E-state index contributed by atoms with van der Waals surface area (Å²) in [5.41, 5.74) is 3.25. The fraction of sp³-hybridized carbons (Fsp3) is 0.100. The summed E-state index contributed by atoms with van der Waals surface area (Å²) in [4.78, 5) is 4.22. The molecule has 2 aromatic heterocycles. The zero-order chi connectivity index (χ0) is 8.55. The molecule has 2 heterocycles. The molecule has 60 valence electrons. The van der Waals surface area contributed by atoms with Crippen molar-refractivity contribution in [3.63, 3.8) is 0 Å². The predicted octanol–water partition coefficient (Wildman–Crippen LogP) is 2.29. The number of hydrogen-bond acceptors (Lipinski definition) is 1. The Labute approximate surface area is 71.2 Å². The van der Waals surface area contributed by atoms with Crippen LogP contribution in [0.25, 0.3) is 11.7 Å². The first-order valence-electron chi connectivity index (χ1n) is 3.87. The van der Waals surface area contributed by atoms with Gasteiger partial charge in [-0.15, -0.1) is 0 Å². The van der Waals surface area contributed by atoms with Crippen molar-refractivity contribution in [1.82, 2.24) is 9.38 Å². The molecule has 2 heteroatoms. The van der Waals surface area contributed by atoms with Gasteiger partial charge in [-0.3, -0.25) is 0 Å². The average Bonchev–Trinajstić information content (AvgIpc) is 2.47. The van der Waals surface area contributed by atoms with Crippen molar-refractivity contribution in [3.8, 4) is 0 Å². The second-order valence-corrected chi connectivity index (χ2v) is 2.79. The van der Waals surface area contributed by atoms with Crippen LogP contribution in [0.3, 0.4) is 0 Å². The molecule has 0 saturated heterocycles. The van der Waals surface area contributed by atoms with E-state index in [1.807, 2.05) is 37.5 Å². The third-order valence-electron chi connectivity index (χ3n) is 1.95. The maximum Gasteiger partial charge on any atom is 0.136 e. The first-order chi connectivity index (χ1) is 5.81. The Bertz CT molecular complexity index is 426. The highest BCUT2D eigenvalue weighted by Gasteiger charge is 1.96. The molecule has 0 bridgehead atoms. The zero-order valence-electron chi connectivity index (χ0n) is 6.99. The summed E-state index contributed by atoms with van der Waals surface area (Å²) in [5, 5.41) is 0. The highest BCUT2D eigenvalue weighted by molar-refractivity contribution is 5.51. The van der Waals surface area contributed by atoms with E-state index in [-0.39, 0.29) is 0 Å². The highest BCUT2D eigenvalue weighted by Crippen LogP contribution is 2.08. The van der Waals surface area contributed by atoms with E-state index in [1.165, 1.54) is 0 Å². The van der Waals surface area contributed by atoms with Crippen molar-refractivity contribution in [2.24, 2.45) is 0 Å². The molecule has 0 spiro atoms. The summed E-state index contributed by atoms with van der Waals surface area (Å²) in [5.74, 6) is 0. The van der Waals surface area contributed by atoms with E-state index in [0.717, 1.165) is 16.9 Å². The normalized spacial score (nSPS) is 10.4. The van der Waals surface area contributed by atoms with Crippen LogP contribution in [-0.2, 0) is 0 Å². The van der Waals surface area contributed by atoms with Crippen LogP contribution in [0, 0.1) is 6.92 Å². The van der Waals surface area contributed by atoms with Crippen molar-refractivity contribution in [2.45, 2.75) is 6.92 Å². The molecule has 0 unspecified atom stereocenters. The molecule has 0 saturated carbocycles. The van der Waals surface area contributed by atoms with E-state index in [2.05, 4.69) is 16.0 Å². The summed E-state index contributed by atoms with van der Waals surface area (Å²) in [7, 11) is 0. The van der Waals surface area contributed by atoms with Crippen molar-refractivity contribution >= 4 is 11.7 Å². The Morgan fingerprint density at radius 1 is 1.50 bits per heavy atom. The maximum atomic E-state index is 4.22. The van der Waals surface area contributed by atoms with Gasteiger partial charge in [0.1, 0.15) is 5.65 Å². The van der Waals surface area contributed by atoms with Crippen molar-refractivity contribution < 1.29 is 0 Å². The van der Waals surface area contributed by atoms with Crippen molar-refractivity contribution in [3.05, 3.63) is 42.4 Å². The van der Waals surface area contributed by atoms with Gasteiger partial charge >= 0.3 is 0 Å². The van der Waals surface area contributed by atoms with Gasteiger partial charge < -0.3 is 4.40 Å². The zero-order valence-corrected chi connectivity index (χ0v) is 6.99. The van der Waals surface area contributed by atoms with Gasteiger partial charge in [-0.05, 0) is 24.6 Å². The summed E-state index contributed by atoms with van der Waals surface area (Å²) < 4.78 is 2.05. The Hall–Kier alpha value is -1.57. The molecule has 2 rings (SSSR count). The molecule has 0 aliphatic carbocycles. The minimum atomic E-state index is 0.984. The van der Waals surface area contributed by atoms with Gasteiger partial charge in [0.15, 0.2) is 0 Å². The SMILES string of the molecule is C=Cc1ccc2ncc(C)n2c1. The molecule has 0 radical (unpaired) electrons. The van der Waals surface area contributed by atoms with Gasteiger partial charge in [-0.1, -0.05) is 12.7 Å². The Balaban J connectivity index is 2.79. The quantitative estimate of drug-likeness (QED) is 0.622. The van der Waals surface area contributed by atoms with Crippen LogP contribution in [0.2, 0.25) is 0 Å². The minimum absolute atomic E-state index is 0.984. The average molecular weight is 158 g/mol. The standard InChI is InChI=1S/C10H10N2/c1-3-9-4-5-10-11-6-8(2)12(10)7-9/h3-7H,1H2,2H3. The molecule has 0 N–H and O–H groups in total. The van der Waals surface area contributed by atoms with Crippen LogP contribution in [0.1, 0.15) is 11.3 Å². The fourth-order valence-electron chi connectivity index (χ4n) is 1.24. The summed E-state index contributed by atoms with van der Waals surface area (Å²) in [6.07, 6.45) is 5.73. The lowest BCUT2D eigenvalue weighted by atomic mass is 10.3. The molecular weight excluding hydrogens is 148 g/mol.